The second-order valence-corrected chi connectivity index (χ2v) is 6.26. The molecule has 1 amide bonds. The van der Waals surface area contributed by atoms with Crippen LogP contribution in [0.4, 0.5) is 0 Å². The highest BCUT2D eigenvalue weighted by atomic mass is 16.5. The molecular formula is C18H25NO5. The second-order valence-electron chi connectivity index (χ2n) is 6.26. The SMILES string of the molecule is COc1ccccc1C[C@H](C)CC(=O)N1CCO[C@@H](CC(=O)O)C1. The van der Waals surface area contributed by atoms with Crippen molar-refractivity contribution in [3.8, 4) is 5.75 Å². The van der Waals surface area contributed by atoms with Gasteiger partial charge < -0.3 is 19.5 Å². The molecule has 6 heteroatoms. The van der Waals surface area contributed by atoms with Crippen LogP contribution in [0, 0.1) is 5.92 Å². The molecule has 1 heterocycles. The molecule has 1 aromatic rings. The van der Waals surface area contributed by atoms with Gasteiger partial charge in [0.1, 0.15) is 5.75 Å². The highest BCUT2D eigenvalue weighted by molar-refractivity contribution is 5.76. The Morgan fingerprint density at radius 1 is 1.42 bits per heavy atom. The summed E-state index contributed by atoms with van der Waals surface area (Å²) in [5.41, 5.74) is 1.09. The molecule has 6 nitrogen and oxygen atoms in total. The van der Waals surface area contributed by atoms with Crippen molar-refractivity contribution in [3.63, 3.8) is 0 Å². The molecule has 0 unspecified atom stereocenters. The third-order valence-electron chi connectivity index (χ3n) is 4.18. The first-order valence-electron chi connectivity index (χ1n) is 8.22. The van der Waals surface area contributed by atoms with Crippen molar-refractivity contribution in [3.05, 3.63) is 29.8 Å². The maximum atomic E-state index is 12.5. The van der Waals surface area contributed by atoms with E-state index in [-0.39, 0.29) is 18.2 Å². The average molecular weight is 335 g/mol. The number of amides is 1. The van der Waals surface area contributed by atoms with Crippen molar-refractivity contribution in [2.45, 2.75) is 32.3 Å². The molecule has 1 N–H and O–H groups in total. The van der Waals surface area contributed by atoms with Gasteiger partial charge in [-0.05, 0) is 24.0 Å². The average Bonchev–Trinajstić information content (AvgIpc) is 2.55. The number of nitrogens with zero attached hydrogens (tertiary/aromatic N) is 1. The van der Waals surface area contributed by atoms with Gasteiger partial charge in [0.15, 0.2) is 0 Å². The number of rotatable bonds is 7. The van der Waals surface area contributed by atoms with Gasteiger partial charge >= 0.3 is 5.97 Å². The number of carboxylic acids is 1. The zero-order chi connectivity index (χ0) is 17.5. The molecule has 0 aliphatic carbocycles. The summed E-state index contributed by atoms with van der Waals surface area (Å²) in [6.07, 6.45) is 0.710. The minimum Gasteiger partial charge on any atom is -0.496 e. The van der Waals surface area contributed by atoms with E-state index in [0.29, 0.717) is 26.1 Å². The van der Waals surface area contributed by atoms with E-state index in [4.69, 9.17) is 14.6 Å². The summed E-state index contributed by atoms with van der Waals surface area (Å²) >= 11 is 0. The summed E-state index contributed by atoms with van der Waals surface area (Å²) in [7, 11) is 1.64. The molecule has 24 heavy (non-hydrogen) atoms. The molecule has 1 saturated heterocycles. The van der Waals surface area contributed by atoms with Crippen LogP contribution in [-0.2, 0) is 20.7 Å². The predicted octanol–water partition coefficient (Wildman–Crippen LogP) is 1.97. The smallest absolute Gasteiger partial charge is 0.306 e. The molecule has 0 aromatic heterocycles. The molecule has 0 bridgehead atoms. The van der Waals surface area contributed by atoms with Crippen molar-refractivity contribution in [1.82, 2.24) is 4.90 Å². The van der Waals surface area contributed by atoms with Crippen molar-refractivity contribution < 1.29 is 24.2 Å². The van der Waals surface area contributed by atoms with Gasteiger partial charge in [0, 0.05) is 19.5 Å². The molecule has 0 saturated carbocycles. The molecule has 1 aliphatic heterocycles. The van der Waals surface area contributed by atoms with E-state index in [1.165, 1.54) is 0 Å². The number of carbonyl (C=O) groups is 2. The number of benzene rings is 1. The Bertz CT molecular complexity index is 574. The van der Waals surface area contributed by atoms with Crippen LogP contribution in [-0.4, -0.2) is 54.8 Å². The summed E-state index contributed by atoms with van der Waals surface area (Å²) in [5, 5.41) is 8.85. The van der Waals surface area contributed by atoms with E-state index >= 15 is 0 Å². The number of morpholine rings is 1. The Morgan fingerprint density at radius 3 is 2.88 bits per heavy atom. The Labute approximate surface area is 142 Å². The van der Waals surface area contributed by atoms with Gasteiger partial charge in [-0.25, -0.2) is 0 Å². The number of carboxylic acid groups (broad SMARTS) is 1. The number of hydrogen-bond acceptors (Lipinski definition) is 4. The molecule has 1 aliphatic rings. The van der Waals surface area contributed by atoms with Gasteiger partial charge in [-0.3, -0.25) is 9.59 Å². The highest BCUT2D eigenvalue weighted by Crippen LogP contribution is 2.23. The largest absolute Gasteiger partial charge is 0.496 e. The zero-order valence-electron chi connectivity index (χ0n) is 14.2. The van der Waals surface area contributed by atoms with Crippen LogP contribution in [0.3, 0.4) is 0 Å². The minimum atomic E-state index is -0.904. The summed E-state index contributed by atoms with van der Waals surface area (Å²) in [6, 6.07) is 7.82. The van der Waals surface area contributed by atoms with E-state index in [0.717, 1.165) is 17.7 Å². The molecular weight excluding hydrogens is 310 g/mol. The molecule has 2 rings (SSSR count). The molecule has 2 atom stereocenters. The van der Waals surface area contributed by atoms with E-state index in [1.54, 1.807) is 12.0 Å². The molecule has 0 spiro atoms. The molecule has 1 aromatic carbocycles. The number of ether oxygens (including phenoxy) is 2. The third-order valence-corrected chi connectivity index (χ3v) is 4.18. The van der Waals surface area contributed by atoms with Crippen LogP contribution in [0.2, 0.25) is 0 Å². The lowest BCUT2D eigenvalue weighted by Crippen LogP contribution is -2.46. The molecule has 132 valence electrons. The van der Waals surface area contributed by atoms with Crippen molar-refractivity contribution in [2.24, 2.45) is 5.92 Å². The number of carbonyl (C=O) groups excluding carboxylic acids is 1. The number of methoxy groups -OCH3 is 1. The maximum absolute atomic E-state index is 12.5. The Kier molecular flexibility index (Phi) is 6.61. The van der Waals surface area contributed by atoms with E-state index in [2.05, 4.69) is 0 Å². The zero-order valence-corrected chi connectivity index (χ0v) is 14.2. The van der Waals surface area contributed by atoms with Crippen LogP contribution in [0.15, 0.2) is 24.3 Å². The monoisotopic (exact) mass is 335 g/mol. The van der Waals surface area contributed by atoms with Crippen LogP contribution in [0.1, 0.15) is 25.3 Å². The van der Waals surface area contributed by atoms with Gasteiger partial charge in [0.25, 0.3) is 0 Å². The standard InChI is InChI=1S/C18H25NO5/c1-13(9-14-5-3-4-6-16(14)23-2)10-17(20)19-7-8-24-15(12-19)11-18(21)22/h3-6,13,15H,7-12H2,1-2H3,(H,21,22)/t13-,15-/m0/s1. The van der Waals surface area contributed by atoms with Crippen LogP contribution >= 0.6 is 0 Å². The lowest BCUT2D eigenvalue weighted by atomic mass is 9.96. The van der Waals surface area contributed by atoms with E-state index in [9.17, 15) is 9.59 Å². The van der Waals surface area contributed by atoms with Gasteiger partial charge in [0.05, 0.1) is 26.2 Å². The fourth-order valence-corrected chi connectivity index (χ4v) is 3.01. The summed E-state index contributed by atoms with van der Waals surface area (Å²) in [6.45, 7) is 3.31. The Balaban J connectivity index is 1.87. The number of para-hydroxylation sites is 1. The highest BCUT2D eigenvalue weighted by Gasteiger charge is 2.26. The Morgan fingerprint density at radius 2 is 2.17 bits per heavy atom. The third kappa shape index (κ3) is 5.23. The van der Waals surface area contributed by atoms with Gasteiger partial charge in [-0.2, -0.15) is 0 Å². The first-order chi connectivity index (χ1) is 11.5. The summed E-state index contributed by atoms with van der Waals surface area (Å²) in [5.74, 6) is 0.161. The fourth-order valence-electron chi connectivity index (χ4n) is 3.01. The summed E-state index contributed by atoms with van der Waals surface area (Å²) < 4.78 is 10.8. The molecule has 1 fully saturated rings. The van der Waals surface area contributed by atoms with Crippen LogP contribution in [0.5, 0.6) is 5.75 Å². The quantitative estimate of drug-likeness (QED) is 0.824. The van der Waals surface area contributed by atoms with Crippen molar-refractivity contribution in [1.29, 1.82) is 0 Å². The normalized spacial score (nSPS) is 18.9. The first-order valence-corrected chi connectivity index (χ1v) is 8.22. The van der Waals surface area contributed by atoms with Crippen molar-refractivity contribution in [2.75, 3.05) is 26.8 Å². The molecule has 0 radical (unpaired) electrons. The summed E-state index contributed by atoms with van der Waals surface area (Å²) in [4.78, 5) is 25.0. The van der Waals surface area contributed by atoms with Crippen LogP contribution < -0.4 is 4.74 Å². The van der Waals surface area contributed by atoms with Crippen molar-refractivity contribution >= 4 is 11.9 Å². The fraction of sp³-hybridized carbons (Fsp3) is 0.556. The van der Waals surface area contributed by atoms with E-state index < -0.39 is 12.1 Å². The van der Waals surface area contributed by atoms with Gasteiger partial charge in [-0.1, -0.05) is 25.1 Å². The first kappa shape index (κ1) is 18.3. The lowest BCUT2D eigenvalue weighted by Gasteiger charge is -2.33. The maximum Gasteiger partial charge on any atom is 0.306 e. The van der Waals surface area contributed by atoms with Gasteiger partial charge in [-0.15, -0.1) is 0 Å². The number of hydrogen-bond donors (Lipinski definition) is 1. The van der Waals surface area contributed by atoms with E-state index in [1.807, 2.05) is 31.2 Å². The predicted molar refractivity (Wildman–Crippen MR) is 89.1 cm³/mol. The lowest BCUT2D eigenvalue weighted by molar-refractivity contribution is -0.148. The topological polar surface area (TPSA) is 76.1 Å². The second kappa shape index (κ2) is 8.68. The number of aliphatic carboxylic acids is 1. The Hall–Kier alpha value is -2.08. The van der Waals surface area contributed by atoms with Gasteiger partial charge in [0.2, 0.25) is 5.91 Å². The minimum absolute atomic E-state index is 0.0519. The van der Waals surface area contributed by atoms with Crippen LogP contribution in [0.25, 0.3) is 0 Å².